The average molecular weight is 333 g/mol. The van der Waals surface area contributed by atoms with E-state index in [0.717, 1.165) is 28.3 Å². The maximum Gasteiger partial charge on any atom is 0.416 e. The van der Waals surface area contributed by atoms with Gasteiger partial charge in [-0.1, -0.05) is 31.2 Å². The first-order chi connectivity index (χ1) is 11.3. The number of aryl methyl sites for hydroxylation is 1. The molecule has 0 atom stereocenters. The summed E-state index contributed by atoms with van der Waals surface area (Å²) in [4.78, 5) is 13.6. The molecule has 0 fully saturated rings. The zero-order chi connectivity index (χ0) is 17.5. The van der Waals surface area contributed by atoms with E-state index in [9.17, 15) is 18.0 Å². The first kappa shape index (κ1) is 16.6. The molecule has 2 aromatic rings. The highest BCUT2D eigenvalue weighted by Crippen LogP contribution is 2.35. The molecule has 0 N–H and O–H groups in total. The highest BCUT2D eigenvalue weighted by atomic mass is 19.4. The Labute approximate surface area is 138 Å². The topological polar surface area (TPSA) is 20.3 Å². The molecule has 1 heterocycles. The van der Waals surface area contributed by atoms with Gasteiger partial charge >= 0.3 is 6.18 Å². The smallest absolute Gasteiger partial charge is 0.334 e. The lowest BCUT2D eigenvalue weighted by Gasteiger charge is -2.13. The second-order valence-electron chi connectivity index (χ2n) is 6.11. The summed E-state index contributed by atoms with van der Waals surface area (Å²) in [6, 6.07) is 10.0. The minimum absolute atomic E-state index is 0.109. The lowest BCUT2D eigenvalue weighted by atomic mass is 9.97. The summed E-state index contributed by atoms with van der Waals surface area (Å²) in [5, 5.41) is 0. The number of alkyl halides is 3. The van der Waals surface area contributed by atoms with Crippen LogP contribution in [0.3, 0.4) is 0 Å². The molecular formula is C19H18F3NO. The van der Waals surface area contributed by atoms with Crippen molar-refractivity contribution in [1.82, 2.24) is 4.90 Å². The third-order valence-corrected chi connectivity index (χ3v) is 4.45. The Bertz CT molecular complexity index is 796. The number of nitrogens with zero attached hydrogens (tertiary/aromatic N) is 1. The average Bonchev–Trinajstić information content (AvgIpc) is 2.95. The largest absolute Gasteiger partial charge is 0.416 e. The van der Waals surface area contributed by atoms with Crippen LogP contribution in [0.1, 0.15) is 35.6 Å². The fourth-order valence-electron chi connectivity index (χ4n) is 3.14. The summed E-state index contributed by atoms with van der Waals surface area (Å²) in [6.07, 6.45) is -3.86. The van der Waals surface area contributed by atoms with E-state index in [0.29, 0.717) is 19.5 Å². The van der Waals surface area contributed by atoms with Crippen molar-refractivity contribution >= 4 is 5.91 Å². The van der Waals surface area contributed by atoms with Crippen molar-refractivity contribution in [1.29, 1.82) is 0 Å². The van der Waals surface area contributed by atoms with Crippen LogP contribution in [0.15, 0.2) is 36.4 Å². The van der Waals surface area contributed by atoms with Gasteiger partial charge in [0.25, 0.3) is 0 Å². The second-order valence-corrected chi connectivity index (χ2v) is 6.11. The van der Waals surface area contributed by atoms with Crippen LogP contribution in [0.4, 0.5) is 13.2 Å². The summed E-state index contributed by atoms with van der Waals surface area (Å²) in [5.74, 6) is 0.109. The van der Waals surface area contributed by atoms with E-state index in [-0.39, 0.29) is 11.5 Å². The number of rotatable bonds is 2. The van der Waals surface area contributed by atoms with Crippen molar-refractivity contribution in [3.8, 4) is 11.1 Å². The molecule has 3 rings (SSSR count). The zero-order valence-electron chi connectivity index (χ0n) is 13.6. The van der Waals surface area contributed by atoms with Crippen LogP contribution >= 0.6 is 0 Å². The van der Waals surface area contributed by atoms with Gasteiger partial charge in [0.05, 0.1) is 5.56 Å². The van der Waals surface area contributed by atoms with Gasteiger partial charge in [-0.05, 0) is 46.9 Å². The Morgan fingerprint density at radius 2 is 1.67 bits per heavy atom. The van der Waals surface area contributed by atoms with Gasteiger partial charge in [0.1, 0.15) is 0 Å². The Morgan fingerprint density at radius 3 is 2.29 bits per heavy atom. The Kier molecular flexibility index (Phi) is 4.11. The lowest BCUT2D eigenvalue weighted by molar-refractivity contribution is -0.138. The molecule has 2 nitrogen and oxygen atoms in total. The van der Waals surface area contributed by atoms with E-state index in [4.69, 9.17) is 0 Å². The van der Waals surface area contributed by atoms with Crippen LogP contribution in [0, 0.1) is 6.92 Å². The molecule has 1 aliphatic rings. The monoisotopic (exact) mass is 333 g/mol. The molecule has 24 heavy (non-hydrogen) atoms. The fourth-order valence-corrected chi connectivity index (χ4v) is 3.14. The first-order valence-electron chi connectivity index (χ1n) is 7.87. The minimum atomic E-state index is -4.33. The lowest BCUT2D eigenvalue weighted by Crippen LogP contribution is -2.23. The van der Waals surface area contributed by atoms with Crippen LogP contribution in [0.5, 0.6) is 0 Å². The van der Waals surface area contributed by atoms with Gasteiger partial charge < -0.3 is 4.90 Å². The molecule has 0 aliphatic carbocycles. The van der Waals surface area contributed by atoms with Crippen LogP contribution in [-0.4, -0.2) is 10.8 Å². The number of carbonyl (C=O) groups excluding carboxylic acids is 1. The molecule has 1 amide bonds. The molecule has 0 spiro atoms. The van der Waals surface area contributed by atoms with E-state index in [1.165, 1.54) is 13.0 Å². The predicted molar refractivity (Wildman–Crippen MR) is 86.2 cm³/mol. The molecule has 126 valence electrons. The summed E-state index contributed by atoms with van der Waals surface area (Å²) in [7, 11) is 0. The van der Waals surface area contributed by atoms with Crippen molar-refractivity contribution in [2.45, 2.75) is 39.5 Å². The van der Waals surface area contributed by atoms with Gasteiger partial charge in [0.2, 0.25) is 5.91 Å². The number of amides is 1. The fraction of sp³-hybridized carbons (Fsp3) is 0.316. The summed E-state index contributed by atoms with van der Waals surface area (Å²) < 4.78 is 38.6. The third-order valence-electron chi connectivity index (χ3n) is 4.45. The molecule has 0 bridgehead atoms. The van der Waals surface area contributed by atoms with Gasteiger partial charge in [-0.2, -0.15) is 13.2 Å². The summed E-state index contributed by atoms with van der Waals surface area (Å²) >= 11 is 0. The second kappa shape index (κ2) is 5.96. The number of benzene rings is 2. The molecule has 1 aliphatic heterocycles. The van der Waals surface area contributed by atoms with Crippen LogP contribution < -0.4 is 0 Å². The molecule has 0 radical (unpaired) electrons. The normalized spacial score (nSPS) is 14.0. The number of hydrogen-bond donors (Lipinski definition) is 0. The van der Waals surface area contributed by atoms with E-state index >= 15 is 0 Å². The van der Waals surface area contributed by atoms with Crippen molar-refractivity contribution in [3.63, 3.8) is 0 Å². The van der Waals surface area contributed by atoms with Gasteiger partial charge in [-0.25, -0.2) is 0 Å². The maximum absolute atomic E-state index is 12.9. The third kappa shape index (κ3) is 3.03. The van der Waals surface area contributed by atoms with Crippen molar-refractivity contribution in [2.75, 3.05) is 0 Å². The zero-order valence-corrected chi connectivity index (χ0v) is 13.6. The minimum Gasteiger partial charge on any atom is -0.334 e. The van der Waals surface area contributed by atoms with E-state index in [1.807, 2.05) is 25.1 Å². The van der Waals surface area contributed by atoms with Crippen LogP contribution in [0.2, 0.25) is 0 Å². The highest BCUT2D eigenvalue weighted by molar-refractivity contribution is 5.77. The molecule has 0 unspecified atom stereocenters. The summed E-state index contributed by atoms with van der Waals surface area (Å²) in [6.45, 7) is 4.48. The Morgan fingerprint density at radius 1 is 1.04 bits per heavy atom. The van der Waals surface area contributed by atoms with E-state index < -0.39 is 11.7 Å². The van der Waals surface area contributed by atoms with Crippen molar-refractivity contribution < 1.29 is 18.0 Å². The number of fused-ring (bicyclic) bond motifs is 1. The Balaban J connectivity index is 1.91. The van der Waals surface area contributed by atoms with Gasteiger partial charge in [-0.3, -0.25) is 4.79 Å². The number of carbonyl (C=O) groups is 1. The van der Waals surface area contributed by atoms with Gasteiger partial charge in [-0.15, -0.1) is 0 Å². The van der Waals surface area contributed by atoms with E-state index in [2.05, 4.69) is 0 Å². The molecular weight excluding hydrogens is 315 g/mol. The standard InChI is InChI=1S/C19H18F3NO/c1-3-18(24)23-10-15-5-4-14(9-16(15)11-23)13-6-7-17(12(2)8-13)19(20,21)22/h4-9H,3,10-11H2,1-2H3. The van der Waals surface area contributed by atoms with Crippen LogP contribution in [0.25, 0.3) is 11.1 Å². The van der Waals surface area contributed by atoms with Crippen molar-refractivity contribution in [3.05, 3.63) is 58.7 Å². The number of halogens is 3. The summed E-state index contributed by atoms with van der Waals surface area (Å²) in [5.41, 5.74) is 3.39. The maximum atomic E-state index is 12.9. The SMILES string of the molecule is CCC(=O)N1Cc2ccc(-c3ccc(C(F)(F)F)c(C)c3)cc2C1. The van der Waals surface area contributed by atoms with Crippen molar-refractivity contribution in [2.24, 2.45) is 0 Å². The van der Waals surface area contributed by atoms with E-state index in [1.54, 1.807) is 11.0 Å². The quantitative estimate of drug-likeness (QED) is 0.763. The highest BCUT2D eigenvalue weighted by Gasteiger charge is 2.32. The number of hydrogen-bond acceptors (Lipinski definition) is 1. The van der Waals surface area contributed by atoms with Gasteiger partial charge in [0, 0.05) is 19.5 Å². The molecule has 2 aromatic carbocycles. The first-order valence-corrected chi connectivity index (χ1v) is 7.87. The van der Waals surface area contributed by atoms with Crippen LogP contribution in [-0.2, 0) is 24.1 Å². The van der Waals surface area contributed by atoms with Gasteiger partial charge in [0.15, 0.2) is 0 Å². The molecule has 0 saturated heterocycles. The molecule has 0 aromatic heterocycles. The predicted octanol–water partition coefficient (Wildman–Crippen LogP) is 4.93. The Hall–Kier alpha value is -2.30. The molecule has 0 saturated carbocycles. The molecule has 5 heteroatoms.